The van der Waals surface area contributed by atoms with Crippen molar-refractivity contribution in [3.05, 3.63) is 16.1 Å². The van der Waals surface area contributed by atoms with Crippen molar-refractivity contribution >= 4 is 29.0 Å². The Morgan fingerprint density at radius 3 is 2.44 bits per heavy atom. The zero-order chi connectivity index (χ0) is 18.6. The van der Waals surface area contributed by atoms with Gasteiger partial charge in [0, 0.05) is 37.3 Å². The Morgan fingerprint density at radius 1 is 1.24 bits per heavy atom. The second-order valence-corrected chi connectivity index (χ2v) is 8.18. The number of piperazine rings is 1. The fourth-order valence-corrected chi connectivity index (χ4v) is 3.16. The molecule has 25 heavy (non-hydrogen) atoms. The first kappa shape index (κ1) is 19.5. The molecule has 0 spiro atoms. The SMILES string of the molecule is CC(C)=NC(=O)c1csc(CN2CCN(C(=O)OC(C)(C)C)CC2)n1. The van der Waals surface area contributed by atoms with Crippen LogP contribution in [0.15, 0.2) is 10.4 Å². The molecule has 1 aromatic heterocycles. The Bertz CT molecular complexity index is 651. The fraction of sp³-hybridized carbons (Fsp3) is 0.647. The van der Waals surface area contributed by atoms with Crippen LogP contribution in [0.25, 0.3) is 0 Å². The fourth-order valence-electron chi connectivity index (χ4n) is 2.35. The molecule has 0 unspecified atom stereocenters. The minimum absolute atomic E-state index is 0.262. The number of hydrogen-bond acceptors (Lipinski definition) is 6. The van der Waals surface area contributed by atoms with Crippen molar-refractivity contribution in [3.8, 4) is 0 Å². The smallest absolute Gasteiger partial charge is 0.410 e. The molecule has 1 fully saturated rings. The van der Waals surface area contributed by atoms with Gasteiger partial charge in [0.1, 0.15) is 16.3 Å². The van der Waals surface area contributed by atoms with E-state index >= 15 is 0 Å². The second-order valence-electron chi connectivity index (χ2n) is 7.23. The summed E-state index contributed by atoms with van der Waals surface area (Å²) in [6, 6.07) is 0. The van der Waals surface area contributed by atoms with Gasteiger partial charge in [0.25, 0.3) is 5.91 Å². The summed E-state index contributed by atoms with van der Waals surface area (Å²) in [7, 11) is 0. The molecule has 138 valence electrons. The van der Waals surface area contributed by atoms with Crippen molar-refractivity contribution in [2.24, 2.45) is 4.99 Å². The monoisotopic (exact) mass is 366 g/mol. The number of rotatable bonds is 3. The van der Waals surface area contributed by atoms with Gasteiger partial charge in [-0.3, -0.25) is 9.69 Å². The third-order valence-corrected chi connectivity index (χ3v) is 4.31. The van der Waals surface area contributed by atoms with Gasteiger partial charge in [-0.1, -0.05) is 0 Å². The molecule has 7 nitrogen and oxygen atoms in total. The molecular formula is C17H26N4O3S. The Hall–Kier alpha value is -1.80. The lowest BCUT2D eigenvalue weighted by molar-refractivity contribution is 0.0139. The van der Waals surface area contributed by atoms with E-state index in [-0.39, 0.29) is 12.0 Å². The maximum Gasteiger partial charge on any atom is 0.410 e. The summed E-state index contributed by atoms with van der Waals surface area (Å²) in [5, 5.41) is 2.64. The van der Waals surface area contributed by atoms with Crippen LogP contribution in [0.1, 0.15) is 50.1 Å². The Kier molecular flexibility index (Phi) is 6.29. The van der Waals surface area contributed by atoms with Crippen molar-refractivity contribution in [3.63, 3.8) is 0 Å². The van der Waals surface area contributed by atoms with Crippen LogP contribution in [0, 0.1) is 0 Å². The molecule has 1 aliphatic heterocycles. The van der Waals surface area contributed by atoms with E-state index in [4.69, 9.17) is 4.74 Å². The van der Waals surface area contributed by atoms with E-state index in [0.29, 0.717) is 25.3 Å². The van der Waals surface area contributed by atoms with Crippen molar-refractivity contribution in [2.75, 3.05) is 26.2 Å². The molecule has 1 aromatic rings. The maximum atomic E-state index is 12.1. The average molecular weight is 366 g/mol. The zero-order valence-corrected chi connectivity index (χ0v) is 16.4. The van der Waals surface area contributed by atoms with Crippen LogP contribution in [0.4, 0.5) is 4.79 Å². The summed E-state index contributed by atoms with van der Waals surface area (Å²) in [4.78, 5) is 36.2. The predicted molar refractivity (Wildman–Crippen MR) is 98.3 cm³/mol. The summed E-state index contributed by atoms with van der Waals surface area (Å²) in [6.07, 6.45) is -0.262. The quantitative estimate of drug-likeness (QED) is 0.769. The Labute approximate surface area is 152 Å². The molecule has 8 heteroatoms. The standard InChI is InChI=1S/C17H26N4O3S/c1-12(2)18-15(22)13-11-25-14(19-13)10-20-6-8-21(9-7-20)16(23)24-17(3,4)5/h11H,6-10H2,1-5H3. The second kappa shape index (κ2) is 8.05. The van der Waals surface area contributed by atoms with E-state index < -0.39 is 5.60 Å². The number of aliphatic imine (C=N–C) groups is 1. The van der Waals surface area contributed by atoms with Crippen molar-refractivity contribution in [1.29, 1.82) is 0 Å². The molecule has 2 rings (SSSR count). The number of carbonyl (C=O) groups is 2. The molecule has 0 bridgehead atoms. The van der Waals surface area contributed by atoms with Crippen LogP contribution in [0.3, 0.4) is 0 Å². The Balaban J connectivity index is 1.84. The highest BCUT2D eigenvalue weighted by Gasteiger charge is 2.26. The van der Waals surface area contributed by atoms with Crippen LogP contribution in [-0.2, 0) is 11.3 Å². The number of aromatic nitrogens is 1. The molecule has 2 heterocycles. The van der Waals surface area contributed by atoms with E-state index in [2.05, 4.69) is 14.9 Å². The third-order valence-electron chi connectivity index (χ3n) is 3.48. The minimum Gasteiger partial charge on any atom is -0.444 e. The lowest BCUT2D eigenvalue weighted by atomic mass is 10.2. The number of amides is 2. The number of ether oxygens (including phenoxy) is 1. The summed E-state index contributed by atoms with van der Waals surface area (Å²) in [6.45, 7) is 12.6. The first-order valence-electron chi connectivity index (χ1n) is 8.35. The average Bonchev–Trinajstić information content (AvgIpc) is 2.94. The maximum absolute atomic E-state index is 12.1. The van der Waals surface area contributed by atoms with E-state index in [1.807, 2.05) is 20.8 Å². The van der Waals surface area contributed by atoms with Gasteiger partial charge in [-0.05, 0) is 34.6 Å². The van der Waals surface area contributed by atoms with E-state index in [9.17, 15) is 9.59 Å². The van der Waals surface area contributed by atoms with Crippen molar-refractivity contribution in [1.82, 2.24) is 14.8 Å². The van der Waals surface area contributed by atoms with Crippen LogP contribution >= 0.6 is 11.3 Å². The third kappa shape index (κ3) is 6.21. The highest BCUT2D eigenvalue weighted by atomic mass is 32.1. The minimum atomic E-state index is -0.475. The van der Waals surface area contributed by atoms with Gasteiger partial charge < -0.3 is 9.64 Å². The number of carbonyl (C=O) groups excluding carboxylic acids is 2. The molecule has 0 N–H and O–H groups in total. The number of nitrogens with zero attached hydrogens (tertiary/aromatic N) is 4. The zero-order valence-electron chi connectivity index (χ0n) is 15.5. The van der Waals surface area contributed by atoms with E-state index in [1.165, 1.54) is 11.3 Å². The molecule has 0 aliphatic carbocycles. The summed E-state index contributed by atoms with van der Waals surface area (Å²) in [5.41, 5.74) is 0.642. The Morgan fingerprint density at radius 2 is 1.88 bits per heavy atom. The predicted octanol–water partition coefficient (Wildman–Crippen LogP) is 2.82. The first-order valence-corrected chi connectivity index (χ1v) is 9.23. The summed E-state index contributed by atoms with van der Waals surface area (Å²) in [5.74, 6) is -0.294. The molecule has 0 radical (unpaired) electrons. The van der Waals surface area contributed by atoms with Gasteiger partial charge in [-0.25, -0.2) is 14.8 Å². The van der Waals surface area contributed by atoms with Gasteiger partial charge in [-0.15, -0.1) is 11.3 Å². The van der Waals surface area contributed by atoms with Gasteiger partial charge in [0.05, 0.1) is 6.54 Å². The first-order chi connectivity index (χ1) is 11.6. The molecule has 0 aromatic carbocycles. The number of hydrogen-bond donors (Lipinski definition) is 0. The lowest BCUT2D eigenvalue weighted by Gasteiger charge is -2.35. The normalized spacial score (nSPS) is 15.8. The van der Waals surface area contributed by atoms with Gasteiger partial charge >= 0.3 is 6.09 Å². The molecular weight excluding hydrogens is 340 g/mol. The van der Waals surface area contributed by atoms with Crippen LogP contribution in [0.2, 0.25) is 0 Å². The molecule has 1 aliphatic rings. The molecule has 2 amide bonds. The highest BCUT2D eigenvalue weighted by molar-refractivity contribution is 7.09. The highest BCUT2D eigenvalue weighted by Crippen LogP contribution is 2.16. The summed E-state index contributed by atoms with van der Waals surface area (Å²) < 4.78 is 5.40. The van der Waals surface area contributed by atoms with Crippen LogP contribution in [-0.4, -0.2) is 64.3 Å². The van der Waals surface area contributed by atoms with E-state index in [0.717, 1.165) is 23.8 Å². The number of thiazole rings is 1. The largest absolute Gasteiger partial charge is 0.444 e. The topological polar surface area (TPSA) is 75.1 Å². The molecule has 0 saturated carbocycles. The van der Waals surface area contributed by atoms with Gasteiger partial charge in [0.15, 0.2) is 0 Å². The van der Waals surface area contributed by atoms with E-state index in [1.54, 1.807) is 24.1 Å². The molecule has 0 atom stereocenters. The van der Waals surface area contributed by atoms with Gasteiger partial charge in [0.2, 0.25) is 0 Å². The molecule has 1 saturated heterocycles. The summed E-state index contributed by atoms with van der Waals surface area (Å²) >= 11 is 1.47. The lowest BCUT2D eigenvalue weighted by Crippen LogP contribution is -2.49. The van der Waals surface area contributed by atoms with Crippen molar-refractivity contribution < 1.29 is 14.3 Å². The van der Waals surface area contributed by atoms with Crippen molar-refractivity contribution in [2.45, 2.75) is 46.8 Å². The van der Waals surface area contributed by atoms with Crippen LogP contribution < -0.4 is 0 Å². The van der Waals surface area contributed by atoms with Crippen LogP contribution in [0.5, 0.6) is 0 Å². The van der Waals surface area contributed by atoms with Gasteiger partial charge in [-0.2, -0.15) is 0 Å².